The van der Waals surface area contributed by atoms with Crippen molar-refractivity contribution >= 4 is 0 Å². The largest absolute Gasteiger partial charge is 0.253 e. The summed E-state index contributed by atoms with van der Waals surface area (Å²) in [4.78, 5) is 0. The van der Waals surface area contributed by atoms with Crippen molar-refractivity contribution in [2.24, 2.45) is 7.05 Å². The van der Waals surface area contributed by atoms with Gasteiger partial charge in [0.15, 0.2) is 0 Å². The van der Waals surface area contributed by atoms with Crippen molar-refractivity contribution in [3.63, 3.8) is 0 Å². The molecule has 23 heavy (non-hydrogen) atoms. The second kappa shape index (κ2) is 12.6. The Kier molecular flexibility index (Phi) is 11.1. The lowest BCUT2D eigenvalue weighted by Crippen LogP contribution is -2.30. The number of hydrogen-bond donors (Lipinski definition) is 0. The molecule has 0 bridgehead atoms. The highest BCUT2D eigenvalue weighted by atomic mass is 15.1. The van der Waals surface area contributed by atoms with E-state index in [9.17, 15) is 0 Å². The van der Waals surface area contributed by atoms with Gasteiger partial charge in [-0.05, 0) is 19.8 Å². The van der Waals surface area contributed by atoms with Crippen LogP contribution in [0.3, 0.4) is 0 Å². The van der Waals surface area contributed by atoms with Crippen LogP contribution in [-0.2, 0) is 7.05 Å². The van der Waals surface area contributed by atoms with E-state index >= 15 is 0 Å². The molecule has 1 rings (SSSR count). The summed E-state index contributed by atoms with van der Waals surface area (Å²) >= 11 is 0. The van der Waals surface area contributed by atoms with Gasteiger partial charge in [0.2, 0.25) is 0 Å². The first kappa shape index (κ1) is 20.3. The molecule has 0 saturated heterocycles. The minimum absolute atomic E-state index is 0.638. The van der Waals surface area contributed by atoms with Gasteiger partial charge in [-0.15, -0.1) is 0 Å². The van der Waals surface area contributed by atoms with Gasteiger partial charge < -0.3 is 0 Å². The Hall–Kier alpha value is -0.790. The normalized spacial score (nSPS) is 12.7. The van der Waals surface area contributed by atoms with Crippen LogP contribution in [-0.4, -0.2) is 4.57 Å². The Labute approximate surface area is 145 Å². The number of unbranched alkanes of at least 4 members (excludes halogenated alkanes) is 11. The maximum atomic E-state index is 2.42. The molecule has 0 spiro atoms. The van der Waals surface area contributed by atoms with Crippen LogP contribution in [0.15, 0.2) is 12.4 Å². The zero-order valence-electron chi connectivity index (χ0n) is 16.3. The summed E-state index contributed by atoms with van der Waals surface area (Å²) in [5.74, 6) is 1.36. The highest BCUT2D eigenvalue weighted by molar-refractivity contribution is 4.83. The molecule has 1 heterocycles. The predicted octanol–water partition coefficient (Wildman–Crippen LogP) is 6.27. The third kappa shape index (κ3) is 8.58. The van der Waals surface area contributed by atoms with E-state index in [1.165, 1.54) is 89.3 Å². The van der Waals surface area contributed by atoms with Crippen molar-refractivity contribution in [1.29, 1.82) is 0 Å². The average molecular weight is 322 g/mol. The summed E-state index contributed by atoms with van der Waals surface area (Å²) < 4.78 is 4.62. The molecule has 0 amide bonds. The van der Waals surface area contributed by atoms with E-state index in [0.29, 0.717) is 6.04 Å². The van der Waals surface area contributed by atoms with Crippen LogP contribution < -0.4 is 4.57 Å². The van der Waals surface area contributed by atoms with Crippen molar-refractivity contribution < 1.29 is 4.57 Å². The number of aryl methyl sites for hydroxylation is 1. The SMILES string of the molecule is CCCCCCCCCCCCCCC(C)n1cc[n+](C)c1C. The van der Waals surface area contributed by atoms with Crippen LogP contribution in [0.25, 0.3) is 0 Å². The van der Waals surface area contributed by atoms with Gasteiger partial charge in [0, 0.05) is 6.92 Å². The van der Waals surface area contributed by atoms with Gasteiger partial charge in [0.05, 0.1) is 13.1 Å². The van der Waals surface area contributed by atoms with Gasteiger partial charge in [-0.3, -0.25) is 0 Å². The average Bonchev–Trinajstić information content (AvgIpc) is 2.88. The standard InChI is InChI=1S/C21H41N2/c1-5-6-7-8-9-10-11-12-13-14-15-16-17-20(2)23-19-18-22(4)21(23)3/h18-20H,5-17H2,1-4H3/q+1. The Morgan fingerprint density at radius 2 is 1.35 bits per heavy atom. The van der Waals surface area contributed by atoms with Crippen LogP contribution in [0.5, 0.6) is 0 Å². The van der Waals surface area contributed by atoms with Crippen molar-refractivity contribution in [3.8, 4) is 0 Å². The summed E-state index contributed by atoms with van der Waals surface area (Å²) in [7, 11) is 2.13. The summed E-state index contributed by atoms with van der Waals surface area (Å²) in [6.07, 6.45) is 22.9. The second-order valence-electron chi connectivity index (χ2n) is 7.39. The van der Waals surface area contributed by atoms with Crippen molar-refractivity contribution in [3.05, 3.63) is 18.2 Å². The molecule has 0 radical (unpaired) electrons. The van der Waals surface area contributed by atoms with Crippen molar-refractivity contribution in [2.45, 2.75) is 110 Å². The predicted molar refractivity (Wildman–Crippen MR) is 101 cm³/mol. The summed E-state index contributed by atoms with van der Waals surface area (Å²) in [6.45, 7) is 6.85. The number of aromatic nitrogens is 2. The molecule has 1 atom stereocenters. The van der Waals surface area contributed by atoms with Crippen LogP contribution in [0.2, 0.25) is 0 Å². The van der Waals surface area contributed by atoms with E-state index in [1.807, 2.05) is 0 Å². The van der Waals surface area contributed by atoms with E-state index in [2.05, 4.69) is 49.3 Å². The highest BCUT2D eigenvalue weighted by Gasteiger charge is 2.15. The Balaban J connectivity index is 1.91. The molecule has 2 heteroatoms. The zero-order valence-corrected chi connectivity index (χ0v) is 16.3. The molecular weight excluding hydrogens is 280 g/mol. The molecular formula is C21H41N2+. The number of imidazole rings is 1. The molecule has 0 fully saturated rings. The monoisotopic (exact) mass is 321 g/mol. The van der Waals surface area contributed by atoms with Crippen LogP contribution in [0, 0.1) is 6.92 Å². The highest BCUT2D eigenvalue weighted by Crippen LogP contribution is 2.18. The Morgan fingerprint density at radius 3 is 1.78 bits per heavy atom. The molecule has 0 aliphatic rings. The van der Waals surface area contributed by atoms with E-state index < -0.39 is 0 Å². The lowest BCUT2D eigenvalue weighted by molar-refractivity contribution is -0.677. The number of nitrogens with zero attached hydrogens (tertiary/aromatic N) is 2. The minimum Gasteiger partial charge on any atom is -0.237 e. The van der Waals surface area contributed by atoms with Gasteiger partial charge in [-0.1, -0.05) is 77.6 Å². The zero-order chi connectivity index (χ0) is 16.9. The van der Waals surface area contributed by atoms with Crippen LogP contribution in [0.1, 0.15) is 109 Å². The van der Waals surface area contributed by atoms with E-state index in [0.717, 1.165) is 0 Å². The van der Waals surface area contributed by atoms with E-state index in [-0.39, 0.29) is 0 Å². The second-order valence-corrected chi connectivity index (χ2v) is 7.39. The molecule has 2 nitrogen and oxygen atoms in total. The first-order valence-electron chi connectivity index (χ1n) is 10.2. The Morgan fingerprint density at radius 1 is 0.870 bits per heavy atom. The quantitative estimate of drug-likeness (QED) is 0.282. The summed E-state index contributed by atoms with van der Waals surface area (Å²) in [5, 5.41) is 0. The van der Waals surface area contributed by atoms with Crippen LogP contribution >= 0.6 is 0 Å². The molecule has 1 unspecified atom stereocenters. The third-order valence-corrected chi connectivity index (χ3v) is 5.29. The number of rotatable bonds is 14. The fraction of sp³-hybridized carbons (Fsp3) is 0.857. The van der Waals surface area contributed by atoms with E-state index in [1.54, 1.807) is 0 Å². The van der Waals surface area contributed by atoms with Gasteiger partial charge in [0.1, 0.15) is 12.4 Å². The fourth-order valence-corrected chi connectivity index (χ4v) is 3.46. The molecule has 0 aliphatic heterocycles. The minimum atomic E-state index is 0.638. The Bertz CT molecular complexity index is 395. The molecule has 0 saturated carbocycles. The van der Waals surface area contributed by atoms with Gasteiger partial charge in [0.25, 0.3) is 5.82 Å². The topological polar surface area (TPSA) is 8.81 Å². The van der Waals surface area contributed by atoms with Crippen molar-refractivity contribution in [2.75, 3.05) is 0 Å². The molecule has 134 valence electrons. The third-order valence-electron chi connectivity index (χ3n) is 5.29. The molecule has 0 aromatic carbocycles. The van der Waals surface area contributed by atoms with Crippen molar-refractivity contribution in [1.82, 2.24) is 4.57 Å². The van der Waals surface area contributed by atoms with Crippen LogP contribution in [0.4, 0.5) is 0 Å². The maximum Gasteiger partial charge on any atom is 0.253 e. The lowest BCUT2D eigenvalue weighted by Gasteiger charge is -2.09. The maximum absolute atomic E-state index is 2.42. The summed E-state index contributed by atoms with van der Waals surface area (Å²) in [6, 6.07) is 0.638. The fourth-order valence-electron chi connectivity index (χ4n) is 3.46. The lowest BCUT2D eigenvalue weighted by atomic mass is 10.0. The summed E-state index contributed by atoms with van der Waals surface area (Å²) in [5.41, 5.74) is 0. The molecule has 0 N–H and O–H groups in total. The number of hydrogen-bond acceptors (Lipinski definition) is 0. The molecule has 0 aliphatic carbocycles. The first-order chi connectivity index (χ1) is 11.2. The van der Waals surface area contributed by atoms with Gasteiger partial charge in [-0.2, -0.15) is 0 Å². The first-order valence-corrected chi connectivity index (χ1v) is 10.2. The smallest absolute Gasteiger partial charge is 0.237 e. The molecule has 1 aromatic rings. The van der Waals surface area contributed by atoms with Gasteiger partial charge in [-0.25, -0.2) is 9.13 Å². The van der Waals surface area contributed by atoms with E-state index in [4.69, 9.17) is 0 Å². The molecule has 1 aromatic heterocycles. The van der Waals surface area contributed by atoms with Gasteiger partial charge >= 0.3 is 0 Å².